The highest BCUT2D eigenvalue weighted by Gasteiger charge is 2.09. The van der Waals surface area contributed by atoms with Gasteiger partial charge in [0.1, 0.15) is 0 Å². The zero-order chi connectivity index (χ0) is 17.5. The van der Waals surface area contributed by atoms with E-state index in [4.69, 9.17) is 4.84 Å². The molecule has 0 fully saturated rings. The van der Waals surface area contributed by atoms with Gasteiger partial charge in [-0.05, 0) is 30.5 Å². The topological polar surface area (TPSA) is 12.5 Å². The number of aryl methyl sites for hydroxylation is 2. The van der Waals surface area contributed by atoms with Crippen molar-refractivity contribution in [3.63, 3.8) is 0 Å². The van der Waals surface area contributed by atoms with Crippen molar-refractivity contribution in [1.29, 1.82) is 0 Å². The molecule has 0 unspecified atom stereocenters. The summed E-state index contributed by atoms with van der Waals surface area (Å²) in [5.41, 5.74) is 6.26. The predicted molar refractivity (Wildman–Crippen MR) is 103 cm³/mol. The van der Waals surface area contributed by atoms with Gasteiger partial charge >= 0.3 is 0 Å². The van der Waals surface area contributed by atoms with E-state index in [1.54, 1.807) is 0 Å². The van der Waals surface area contributed by atoms with Crippen LogP contribution in [0.3, 0.4) is 0 Å². The van der Waals surface area contributed by atoms with Gasteiger partial charge in [0.2, 0.25) is 0 Å². The SMILES string of the molecule is Cc1cccc(CN(Cc2cccc(C)c2)OCc2ccccc2)c1. The van der Waals surface area contributed by atoms with E-state index in [9.17, 15) is 0 Å². The Kier molecular flexibility index (Phi) is 5.99. The van der Waals surface area contributed by atoms with Crippen molar-refractivity contribution >= 4 is 0 Å². The van der Waals surface area contributed by atoms with Crippen LogP contribution in [-0.4, -0.2) is 5.06 Å². The van der Waals surface area contributed by atoms with Gasteiger partial charge in [-0.15, -0.1) is 0 Å². The molecule has 25 heavy (non-hydrogen) atoms. The number of hydroxylamine groups is 2. The first-order valence-electron chi connectivity index (χ1n) is 8.72. The minimum atomic E-state index is 0.582. The summed E-state index contributed by atoms with van der Waals surface area (Å²) in [6.45, 7) is 6.36. The van der Waals surface area contributed by atoms with Gasteiger partial charge in [-0.2, -0.15) is 5.06 Å². The van der Waals surface area contributed by atoms with Crippen LogP contribution in [0.5, 0.6) is 0 Å². The lowest BCUT2D eigenvalue weighted by molar-refractivity contribution is -0.184. The maximum atomic E-state index is 6.15. The van der Waals surface area contributed by atoms with E-state index >= 15 is 0 Å². The average molecular weight is 331 g/mol. The second kappa shape index (κ2) is 8.61. The summed E-state index contributed by atoms with van der Waals surface area (Å²) in [6, 6.07) is 27.5. The van der Waals surface area contributed by atoms with Crippen LogP contribution in [0.25, 0.3) is 0 Å². The van der Waals surface area contributed by atoms with E-state index in [2.05, 4.69) is 79.6 Å². The van der Waals surface area contributed by atoms with Gasteiger partial charge in [-0.3, -0.25) is 4.84 Å². The summed E-state index contributed by atoms with van der Waals surface area (Å²) < 4.78 is 0. The third-order valence-corrected chi connectivity index (χ3v) is 4.14. The summed E-state index contributed by atoms with van der Waals surface area (Å²) in [6.07, 6.45) is 0. The fourth-order valence-electron chi connectivity index (χ4n) is 2.92. The lowest BCUT2D eigenvalue weighted by Gasteiger charge is -2.22. The summed E-state index contributed by atoms with van der Waals surface area (Å²) >= 11 is 0. The summed E-state index contributed by atoms with van der Waals surface area (Å²) in [5, 5.41) is 2.05. The molecular weight excluding hydrogens is 306 g/mol. The van der Waals surface area contributed by atoms with Crippen molar-refractivity contribution in [2.75, 3.05) is 0 Å². The van der Waals surface area contributed by atoms with E-state index in [0.717, 1.165) is 13.1 Å². The minimum Gasteiger partial charge on any atom is -0.294 e. The Balaban J connectivity index is 1.72. The first-order chi connectivity index (χ1) is 12.2. The highest BCUT2D eigenvalue weighted by molar-refractivity contribution is 5.24. The molecule has 0 amide bonds. The number of hydrogen-bond acceptors (Lipinski definition) is 2. The largest absolute Gasteiger partial charge is 0.294 e. The van der Waals surface area contributed by atoms with E-state index in [-0.39, 0.29) is 0 Å². The van der Waals surface area contributed by atoms with Crippen LogP contribution >= 0.6 is 0 Å². The molecule has 0 aliphatic rings. The van der Waals surface area contributed by atoms with E-state index in [0.29, 0.717) is 6.61 Å². The Labute approximate surface area is 150 Å². The fourth-order valence-corrected chi connectivity index (χ4v) is 2.92. The van der Waals surface area contributed by atoms with Crippen LogP contribution in [0.4, 0.5) is 0 Å². The van der Waals surface area contributed by atoms with Gasteiger partial charge in [0, 0.05) is 13.1 Å². The molecule has 0 aliphatic carbocycles. The normalized spacial score (nSPS) is 11.0. The summed E-state index contributed by atoms with van der Waals surface area (Å²) in [7, 11) is 0. The van der Waals surface area contributed by atoms with Gasteiger partial charge in [-0.1, -0.05) is 90.0 Å². The second-order valence-corrected chi connectivity index (χ2v) is 6.54. The monoisotopic (exact) mass is 331 g/mol. The molecule has 2 nitrogen and oxygen atoms in total. The molecule has 0 atom stereocenters. The average Bonchev–Trinajstić information content (AvgIpc) is 2.61. The van der Waals surface area contributed by atoms with Crippen LogP contribution < -0.4 is 0 Å². The Hall–Kier alpha value is -2.42. The molecule has 0 heterocycles. The van der Waals surface area contributed by atoms with Crippen LogP contribution in [0.15, 0.2) is 78.9 Å². The quantitative estimate of drug-likeness (QED) is 0.535. The Morgan fingerprint density at radius 3 is 1.68 bits per heavy atom. The highest BCUT2D eigenvalue weighted by atomic mass is 16.7. The molecule has 3 rings (SSSR count). The molecular formula is C23H25NO. The third-order valence-electron chi connectivity index (χ3n) is 4.14. The van der Waals surface area contributed by atoms with Crippen LogP contribution in [-0.2, 0) is 24.5 Å². The molecule has 0 spiro atoms. The molecule has 0 bridgehead atoms. The lowest BCUT2D eigenvalue weighted by Crippen LogP contribution is -2.23. The highest BCUT2D eigenvalue weighted by Crippen LogP contribution is 2.14. The van der Waals surface area contributed by atoms with Crippen LogP contribution in [0.1, 0.15) is 27.8 Å². The van der Waals surface area contributed by atoms with Crippen molar-refractivity contribution in [2.24, 2.45) is 0 Å². The first-order valence-corrected chi connectivity index (χ1v) is 8.72. The number of rotatable bonds is 7. The number of nitrogens with zero attached hydrogens (tertiary/aromatic N) is 1. The molecule has 0 N–H and O–H groups in total. The Bertz CT molecular complexity index is 750. The van der Waals surface area contributed by atoms with Gasteiger partial charge in [0.25, 0.3) is 0 Å². The van der Waals surface area contributed by atoms with Crippen molar-refractivity contribution in [1.82, 2.24) is 5.06 Å². The van der Waals surface area contributed by atoms with Gasteiger partial charge in [0.05, 0.1) is 6.61 Å². The van der Waals surface area contributed by atoms with Crippen molar-refractivity contribution < 1.29 is 4.84 Å². The number of hydrogen-bond donors (Lipinski definition) is 0. The lowest BCUT2D eigenvalue weighted by atomic mass is 10.1. The molecule has 2 heteroatoms. The standard InChI is InChI=1S/C23H25NO/c1-19-8-6-12-22(14-19)16-24(17-23-13-7-9-20(2)15-23)25-18-21-10-4-3-5-11-21/h3-15H,16-18H2,1-2H3. The zero-order valence-electron chi connectivity index (χ0n) is 15.0. The van der Waals surface area contributed by atoms with Crippen molar-refractivity contribution in [2.45, 2.75) is 33.5 Å². The summed E-state index contributed by atoms with van der Waals surface area (Å²) in [5.74, 6) is 0. The summed E-state index contributed by atoms with van der Waals surface area (Å²) in [4.78, 5) is 6.15. The molecule has 0 aliphatic heterocycles. The van der Waals surface area contributed by atoms with Crippen molar-refractivity contribution in [3.8, 4) is 0 Å². The van der Waals surface area contributed by atoms with E-state index < -0.39 is 0 Å². The smallest absolute Gasteiger partial charge is 0.0936 e. The number of benzene rings is 3. The minimum absolute atomic E-state index is 0.582. The molecule has 3 aromatic rings. The Morgan fingerprint density at radius 2 is 1.16 bits per heavy atom. The molecule has 0 saturated heterocycles. The first kappa shape index (κ1) is 17.4. The fraction of sp³-hybridized carbons (Fsp3) is 0.217. The van der Waals surface area contributed by atoms with E-state index in [1.165, 1.54) is 27.8 Å². The maximum Gasteiger partial charge on any atom is 0.0936 e. The molecule has 3 aromatic carbocycles. The second-order valence-electron chi connectivity index (χ2n) is 6.54. The molecule has 0 saturated carbocycles. The van der Waals surface area contributed by atoms with Crippen molar-refractivity contribution in [3.05, 3.63) is 107 Å². The van der Waals surface area contributed by atoms with E-state index in [1.807, 2.05) is 18.2 Å². The Morgan fingerprint density at radius 1 is 0.640 bits per heavy atom. The van der Waals surface area contributed by atoms with Crippen LogP contribution in [0.2, 0.25) is 0 Å². The van der Waals surface area contributed by atoms with Gasteiger partial charge in [-0.25, -0.2) is 0 Å². The zero-order valence-corrected chi connectivity index (χ0v) is 15.0. The van der Waals surface area contributed by atoms with Gasteiger partial charge in [0.15, 0.2) is 0 Å². The molecule has 128 valence electrons. The molecule has 0 radical (unpaired) electrons. The maximum absolute atomic E-state index is 6.15. The molecule has 0 aromatic heterocycles. The van der Waals surface area contributed by atoms with Crippen LogP contribution in [0, 0.1) is 13.8 Å². The predicted octanol–water partition coefficient (Wildman–Crippen LogP) is 5.44. The van der Waals surface area contributed by atoms with Gasteiger partial charge < -0.3 is 0 Å². The third kappa shape index (κ3) is 5.56.